The molecule has 15 heavy (non-hydrogen) atoms. The van der Waals surface area contributed by atoms with Crippen molar-refractivity contribution in [2.24, 2.45) is 5.73 Å². The fraction of sp³-hybridized carbons (Fsp3) is 0.250. The Kier molecular flexibility index (Phi) is 3.46. The van der Waals surface area contributed by atoms with E-state index in [9.17, 15) is 22.0 Å². The second-order valence-electron chi connectivity index (χ2n) is 2.54. The fourth-order valence-electron chi connectivity index (χ4n) is 0.872. The third kappa shape index (κ3) is 2.01. The summed E-state index contributed by atoms with van der Waals surface area (Å²) in [5.74, 6) is -11.6. The molecule has 0 fully saturated rings. The van der Waals surface area contributed by atoms with E-state index in [1.54, 1.807) is 0 Å². The van der Waals surface area contributed by atoms with Crippen molar-refractivity contribution in [1.29, 1.82) is 0 Å². The van der Waals surface area contributed by atoms with Crippen LogP contribution in [-0.4, -0.2) is 13.2 Å². The molecule has 1 aromatic carbocycles. The van der Waals surface area contributed by atoms with Crippen LogP contribution in [0.4, 0.5) is 22.0 Å². The molecule has 0 heterocycles. The lowest BCUT2D eigenvalue weighted by Gasteiger charge is -2.08. The molecule has 2 nitrogen and oxygen atoms in total. The maximum atomic E-state index is 12.8. The van der Waals surface area contributed by atoms with Crippen molar-refractivity contribution in [2.45, 2.75) is 0 Å². The minimum Gasteiger partial charge on any atom is -0.486 e. The molecule has 0 saturated carbocycles. The van der Waals surface area contributed by atoms with Gasteiger partial charge < -0.3 is 10.5 Å². The van der Waals surface area contributed by atoms with Crippen LogP contribution in [0.5, 0.6) is 5.75 Å². The largest absolute Gasteiger partial charge is 0.486 e. The molecule has 0 radical (unpaired) electrons. The minimum atomic E-state index is -2.22. The first-order valence-corrected chi connectivity index (χ1v) is 3.85. The normalized spacial score (nSPS) is 10.5. The molecule has 1 aromatic rings. The molecule has 2 N–H and O–H groups in total. The average molecular weight is 227 g/mol. The summed E-state index contributed by atoms with van der Waals surface area (Å²) in [4.78, 5) is 0. The van der Waals surface area contributed by atoms with Gasteiger partial charge in [-0.3, -0.25) is 0 Å². The van der Waals surface area contributed by atoms with Gasteiger partial charge in [0.2, 0.25) is 29.1 Å². The zero-order chi connectivity index (χ0) is 11.6. The van der Waals surface area contributed by atoms with E-state index in [-0.39, 0.29) is 13.2 Å². The van der Waals surface area contributed by atoms with Gasteiger partial charge in [0.25, 0.3) is 0 Å². The molecule has 0 aliphatic rings. The molecule has 0 atom stereocenters. The van der Waals surface area contributed by atoms with Crippen LogP contribution in [0.1, 0.15) is 0 Å². The maximum absolute atomic E-state index is 12.8. The predicted octanol–water partition coefficient (Wildman–Crippen LogP) is 1.72. The molecule has 1 rings (SSSR count). The van der Waals surface area contributed by atoms with Crippen LogP contribution in [0.25, 0.3) is 0 Å². The van der Waals surface area contributed by atoms with E-state index < -0.39 is 34.8 Å². The van der Waals surface area contributed by atoms with Crippen molar-refractivity contribution in [3.63, 3.8) is 0 Å². The van der Waals surface area contributed by atoms with Crippen LogP contribution in [0.2, 0.25) is 0 Å². The number of rotatable bonds is 3. The number of benzene rings is 1. The lowest BCUT2D eigenvalue weighted by atomic mass is 10.2. The standard InChI is InChI=1S/C8H6F5NO/c9-3-4(10)6(12)8(15-2-1-14)7(13)5(3)11/h1-2,14H2. The summed E-state index contributed by atoms with van der Waals surface area (Å²) in [6, 6.07) is 0. The highest BCUT2D eigenvalue weighted by atomic mass is 19.2. The first kappa shape index (κ1) is 11.7. The Labute approximate surface area is 81.4 Å². The second kappa shape index (κ2) is 4.43. The topological polar surface area (TPSA) is 35.2 Å². The highest BCUT2D eigenvalue weighted by molar-refractivity contribution is 5.29. The molecule has 0 amide bonds. The minimum absolute atomic E-state index is 0.112. The molecular weight excluding hydrogens is 221 g/mol. The van der Waals surface area contributed by atoms with Crippen molar-refractivity contribution in [3.05, 3.63) is 29.1 Å². The van der Waals surface area contributed by atoms with Crippen LogP contribution < -0.4 is 10.5 Å². The third-order valence-electron chi connectivity index (χ3n) is 1.53. The summed E-state index contributed by atoms with van der Waals surface area (Å²) in [6.07, 6.45) is 0. The van der Waals surface area contributed by atoms with Crippen LogP contribution >= 0.6 is 0 Å². The Balaban J connectivity index is 3.26. The molecule has 0 bridgehead atoms. The maximum Gasteiger partial charge on any atom is 0.206 e. The van der Waals surface area contributed by atoms with E-state index in [0.29, 0.717) is 0 Å². The van der Waals surface area contributed by atoms with E-state index in [1.807, 2.05) is 0 Å². The van der Waals surface area contributed by atoms with Crippen LogP contribution in [0, 0.1) is 29.1 Å². The number of hydrogen-bond donors (Lipinski definition) is 1. The number of nitrogens with two attached hydrogens (primary N) is 1. The Hall–Kier alpha value is -1.37. The first-order chi connectivity index (χ1) is 7.00. The van der Waals surface area contributed by atoms with Gasteiger partial charge in [0.05, 0.1) is 0 Å². The molecule has 0 aromatic heterocycles. The zero-order valence-corrected chi connectivity index (χ0v) is 7.29. The van der Waals surface area contributed by atoms with Gasteiger partial charge in [0.1, 0.15) is 6.61 Å². The quantitative estimate of drug-likeness (QED) is 0.484. The number of ether oxygens (including phenoxy) is 1. The van der Waals surface area contributed by atoms with Crippen LogP contribution in [0.15, 0.2) is 0 Å². The molecule has 0 aliphatic carbocycles. The Morgan fingerprint density at radius 2 is 1.20 bits per heavy atom. The van der Waals surface area contributed by atoms with Gasteiger partial charge in [-0.1, -0.05) is 0 Å². The van der Waals surface area contributed by atoms with E-state index in [1.165, 1.54) is 0 Å². The van der Waals surface area contributed by atoms with Gasteiger partial charge in [-0.15, -0.1) is 0 Å². The summed E-state index contributed by atoms with van der Waals surface area (Å²) >= 11 is 0. The first-order valence-electron chi connectivity index (χ1n) is 3.85. The summed E-state index contributed by atoms with van der Waals surface area (Å²) in [5.41, 5.74) is 4.95. The molecule has 0 unspecified atom stereocenters. The SMILES string of the molecule is NCCOc1c(F)c(F)c(F)c(F)c1F. The molecular formula is C8H6F5NO. The lowest BCUT2D eigenvalue weighted by molar-refractivity contribution is 0.269. The van der Waals surface area contributed by atoms with Gasteiger partial charge in [0, 0.05) is 6.54 Å². The van der Waals surface area contributed by atoms with Gasteiger partial charge in [0.15, 0.2) is 5.75 Å². The van der Waals surface area contributed by atoms with Crippen molar-refractivity contribution >= 4 is 0 Å². The predicted molar refractivity (Wildman–Crippen MR) is 40.8 cm³/mol. The van der Waals surface area contributed by atoms with Gasteiger partial charge in [-0.25, -0.2) is 13.2 Å². The average Bonchev–Trinajstić information content (AvgIpc) is 2.24. The van der Waals surface area contributed by atoms with Crippen molar-refractivity contribution in [1.82, 2.24) is 0 Å². The van der Waals surface area contributed by atoms with E-state index in [4.69, 9.17) is 5.73 Å². The molecule has 7 heteroatoms. The monoisotopic (exact) mass is 227 g/mol. The van der Waals surface area contributed by atoms with Crippen molar-refractivity contribution in [2.75, 3.05) is 13.2 Å². The summed E-state index contributed by atoms with van der Waals surface area (Å²) in [5, 5.41) is 0. The Morgan fingerprint density at radius 1 is 0.800 bits per heavy atom. The van der Waals surface area contributed by atoms with Crippen molar-refractivity contribution in [3.8, 4) is 5.75 Å². The van der Waals surface area contributed by atoms with Gasteiger partial charge in [-0.05, 0) is 0 Å². The summed E-state index contributed by atoms with van der Waals surface area (Å²) in [7, 11) is 0. The smallest absolute Gasteiger partial charge is 0.206 e. The van der Waals surface area contributed by atoms with Gasteiger partial charge >= 0.3 is 0 Å². The van der Waals surface area contributed by atoms with E-state index in [0.717, 1.165) is 0 Å². The number of halogens is 5. The Morgan fingerprint density at radius 3 is 1.60 bits per heavy atom. The lowest BCUT2D eigenvalue weighted by Crippen LogP contribution is -2.14. The van der Waals surface area contributed by atoms with Crippen LogP contribution in [-0.2, 0) is 0 Å². The third-order valence-corrected chi connectivity index (χ3v) is 1.53. The summed E-state index contributed by atoms with van der Waals surface area (Å²) < 4.78 is 67.6. The molecule has 84 valence electrons. The molecule has 0 aliphatic heterocycles. The van der Waals surface area contributed by atoms with Gasteiger partial charge in [-0.2, -0.15) is 8.78 Å². The van der Waals surface area contributed by atoms with Crippen LogP contribution in [0.3, 0.4) is 0 Å². The number of hydrogen-bond acceptors (Lipinski definition) is 2. The molecule has 0 spiro atoms. The Bertz CT molecular complexity index is 353. The van der Waals surface area contributed by atoms with E-state index >= 15 is 0 Å². The van der Waals surface area contributed by atoms with E-state index in [2.05, 4.69) is 4.74 Å². The molecule has 0 saturated heterocycles. The zero-order valence-electron chi connectivity index (χ0n) is 7.29. The highest BCUT2D eigenvalue weighted by Gasteiger charge is 2.26. The fourth-order valence-corrected chi connectivity index (χ4v) is 0.872. The van der Waals surface area contributed by atoms with Crippen molar-refractivity contribution < 1.29 is 26.7 Å². The highest BCUT2D eigenvalue weighted by Crippen LogP contribution is 2.28. The second-order valence-corrected chi connectivity index (χ2v) is 2.54. The summed E-state index contributed by atoms with van der Waals surface area (Å²) in [6.45, 7) is -0.460.